The molecule has 1 aromatic carbocycles. The van der Waals surface area contributed by atoms with Gasteiger partial charge in [0.15, 0.2) is 0 Å². The van der Waals surface area contributed by atoms with Gasteiger partial charge in [-0.3, -0.25) is 19.2 Å². The molecule has 0 bridgehead atoms. The maximum atomic E-state index is 13.0. The van der Waals surface area contributed by atoms with Crippen molar-refractivity contribution >= 4 is 17.7 Å². The summed E-state index contributed by atoms with van der Waals surface area (Å²) in [5.41, 5.74) is 0.693. The smallest absolute Gasteiger partial charge is 0.246 e. The summed E-state index contributed by atoms with van der Waals surface area (Å²) in [6.45, 7) is 6.16. The molecule has 0 radical (unpaired) electrons. The molecule has 3 aliphatic rings. The summed E-state index contributed by atoms with van der Waals surface area (Å²) in [5, 5.41) is 1.59. The van der Waals surface area contributed by atoms with Gasteiger partial charge in [-0.05, 0) is 24.8 Å². The molecule has 0 saturated carbocycles. The summed E-state index contributed by atoms with van der Waals surface area (Å²) >= 11 is 0. The molecule has 0 N–H and O–H groups in total. The summed E-state index contributed by atoms with van der Waals surface area (Å²) in [6.07, 6.45) is 4.62. The lowest BCUT2D eigenvalue weighted by molar-refractivity contribution is -0.222. The first-order chi connectivity index (χ1) is 14.5. The van der Waals surface area contributed by atoms with Crippen molar-refractivity contribution in [2.24, 2.45) is 5.92 Å². The molecule has 0 aliphatic carbocycles. The van der Waals surface area contributed by atoms with Crippen LogP contribution < -0.4 is 0 Å². The Balaban J connectivity index is 1.35. The molecule has 0 aromatic heterocycles. The van der Waals surface area contributed by atoms with E-state index in [0.717, 1.165) is 12.0 Å². The van der Waals surface area contributed by atoms with Gasteiger partial charge in [-0.15, -0.1) is 6.58 Å². The Morgan fingerprint density at radius 2 is 1.87 bits per heavy atom. The summed E-state index contributed by atoms with van der Waals surface area (Å²) in [4.78, 5) is 47.1. The molecule has 4 rings (SSSR count). The molecule has 3 heterocycles. The molecule has 160 valence electrons. The fourth-order valence-electron chi connectivity index (χ4n) is 4.85. The lowest BCUT2D eigenvalue weighted by Gasteiger charge is -2.44. The minimum atomic E-state index is -0.330. The van der Waals surface area contributed by atoms with Gasteiger partial charge < -0.3 is 9.80 Å². The van der Waals surface area contributed by atoms with Crippen LogP contribution in [0.2, 0.25) is 0 Å². The van der Waals surface area contributed by atoms with E-state index in [1.807, 2.05) is 35.2 Å². The molecule has 7 nitrogen and oxygen atoms in total. The van der Waals surface area contributed by atoms with Gasteiger partial charge >= 0.3 is 0 Å². The maximum Gasteiger partial charge on any atom is 0.246 e. The van der Waals surface area contributed by atoms with E-state index in [1.165, 1.54) is 0 Å². The first-order valence-electron chi connectivity index (χ1n) is 10.7. The minimum Gasteiger partial charge on any atom is -0.342 e. The van der Waals surface area contributed by atoms with E-state index in [9.17, 15) is 14.4 Å². The summed E-state index contributed by atoms with van der Waals surface area (Å²) in [7, 11) is 0. The van der Waals surface area contributed by atoms with Gasteiger partial charge in [0.25, 0.3) is 0 Å². The second-order valence-corrected chi connectivity index (χ2v) is 8.49. The number of amides is 3. The third-order valence-corrected chi connectivity index (χ3v) is 6.58. The average Bonchev–Trinajstić information content (AvgIpc) is 3.28. The van der Waals surface area contributed by atoms with E-state index in [4.69, 9.17) is 4.84 Å². The number of carbonyl (C=O) groups excluding carboxylic acids is 3. The zero-order valence-corrected chi connectivity index (χ0v) is 17.3. The topological polar surface area (TPSA) is 70.2 Å². The molecule has 3 saturated heterocycles. The molecule has 1 aromatic rings. The predicted octanol–water partition coefficient (Wildman–Crippen LogP) is 2.14. The highest BCUT2D eigenvalue weighted by atomic mass is 16.7. The third-order valence-electron chi connectivity index (χ3n) is 6.58. The molecule has 1 spiro atoms. The van der Waals surface area contributed by atoms with Gasteiger partial charge in [0, 0.05) is 39.0 Å². The molecular weight excluding hydrogens is 382 g/mol. The van der Waals surface area contributed by atoms with Gasteiger partial charge in [0.05, 0.1) is 11.5 Å². The monoisotopic (exact) mass is 411 g/mol. The van der Waals surface area contributed by atoms with Gasteiger partial charge in [-0.25, -0.2) is 5.06 Å². The zero-order chi connectivity index (χ0) is 21.1. The standard InChI is InChI=1S/C23H29N3O4/c1-2-12-25-16-19(15-21(25)28)22(29)24-13-10-23(11-14-24)9-8-20(27)26(23)30-17-18-6-4-3-5-7-18/h2-7,19H,1,8-17H2. The zero-order valence-electron chi connectivity index (χ0n) is 17.3. The van der Waals surface area contributed by atoms with Crippen LogP contribution in [0.1, 0.15) is 37.7 Å². The van der Waals surface area contributed by atoms with Crippen LogP contribution in [-0.2, 0) is 25.8 Å². The van der Waals surface area contributed by atoms with Crippen molar-refractivity contribution < 1.29 is 19.2 Å². The van der Waals surface area contributed by atoms with Crippen molar-refractivity contribution in [1.82, 2.24) is 14.9 Å². The van der Waals surface area contributed by atoms with Crippen LogP contribution in [0.4, 0.5) is 0 Å². The van der Waals surface area contributed by atoms with Crippen molar-refractivity contribution in [2.75, 3.05) is 26.2 Å². The summed E-state index contributed by atoms with van der Waals surface area (Å²) in [6, 6.07) is 9.82. The number of hydrogen-bond acceptors (Lipinski definition) is 4. The van der Waals surface area contributed by atoms with E-state index in [-0.39, 0.29) is 35.6 Å². The van der Waals surface area contributed by atoms with E-state index in [2.05, 4.69) is 6.58 Å². The van der Waals surface area contributed by atoms with Crippen LogP contribution in [0.5, 0.6) is 0 Å². The molecule has 30 heavy (non-hydrogen) atoms. The van der Waals surface area contributed by atoms with Crippen molar-refractivity contribution in [3.8, 4) is 0 Å². The number of piperidine rings is 1. The molecular formula is C23H29N3O4. The maximum absolute atomic E-state index is 13.0. The van der Waals surface area contributed by atoms with Crippen LogP contribution in [-0.4, -0.2) is 64.3 Å². The molecule has 7 heteroatoms. The van der Waals surface area contributed by atoms with E-state index < -0.39 is 0 Å². The Hall–Kier alpha value is -2.67. The number of rotatable bonds is 6. The van der Waals surface area contributed by atoms with Gasteiger partial charge in [0.2, 0.25) is 17.7 Å². The quantitative estimate of drug-likeness (QED) is 0.673. The highest BCUT2D eigenvalue weighted by Crippen LogP contribution is 2.40. The molecule has 1 unspecified atom stereocenters. The largest absolute Gasteiger partial charge is 0.342 e. The number of hydrogen-bond donors (Lipinski definition) is 0. The Morgan fingerprint density at radius 3 is 2.57 bits per heavy atom. The van der Waals surface area contributed by atoms with E-state index in [0.29, 0.717) is 52.0 Å². The predicted molar refractivity (Wildman–Crippen MR) is 111 cm³/mol. The average molecular weight is 412 g/mol. The number of benzene rings is 1. The molecule has 1 atom stereocenters. The lowest BCUT2D eigenvalue weighted by atomic mass is 9.85. The second-order valence-electron chi connectivity index (χ2n) is 8.49. The lowest BCUT2D eigenvalue weighted by Crippen LogP contribution is -2.54. The van der Waals surface area contributed by atoms with Crippen molar-refractivity contribution in [1.29, 1.82) is 0 Å². The minimum absolute atomic E-state index is 0.0172. The van der Waals surface area contributed by atoms with E-state index in [1.54, 1.807) is 16.0 Å². The first kappa shape index (κ1) is 20.6. The van der Waals surface area contributed by atoms with Gasteiger partial charge in [-0.1, -0.05) is 36.4 Å². The SMILES string of the molecule is C=CCN1CC(C(=O)N2CCC3(CCC(=O)N3OCc3ccccc3)CC2)CC1=O. The fraction of sp³-hybridized carbons (Fsp3) is 0.522. The molecule has 3 amide bonds. The van der Waals surface area contributed by atoms with Crippen LogP contribution in [0.15, 0.2) is 43.0 Å². The van der Waals surface area contributed by atoms with Crippen LogP contribution in [0.3, 0.4) is 0 Å². The fourth-order valence-corrected chi connectivity index (χ4v) is 4.85. The van der Waals surface area contributed by atoms with Crippen molar-refractivity contribution in [3.63, 3.8) is 0 Å². The number of likely N-dealkylation sites (tertiary alicyclic amines) is 2. The molecule has 3 aliphatic heterocycles. The number of carbonyl (C=O) groups is 3. The van der Waals surface area contributed by atoms with Crippen molar-refractivity contribution in [2.45, 2.75) is 44.2 Å². The highest BCUT2D eigenvalue weighted by molar-refractivity contribution is 5.89. The first-order valence-corrected chi connectivity index (χ1v) is 10.7. The van der Waals surface area contributed by atoms with Crippen molar-refractivity contribution in [3.05, 3.63) is 48.6 Å². The van der Waals surface area contributed by atoms with Crippen LogP contribution >= 0.6 is 0 Å². The third kappa shape index (κ3) is 3.99. The summed E-state index contributed by atoms with van der Waals surface area (Å²) in [5.74, 6) is -0.191. The summed E-state index contributed by atoms with van der Waals surface area (Å²) < 4.78 is 0. The highest BCUT2D eigenvalue weighted by Gasteiger charge is 2.49. The Kier molecular flexibility index (Phi) is 5.90. The number of nitrogens with zero attached hydrogens (tertiary/aromatic N) is 3. The second kappa shape index (κ2) is 8.60. The Morgan fingerprint density at radius 1 is 1.13 bits per heavy atom. The van der Waals surface area contributed by atoms with Gasteiger partial charge in [0.1, 0.15) is 6.61 Å². The number of hydroxylamine groups is 2. The Bertz CT molecular complexity index is 817. The Labute approximate surface area is 177 Å². The normalized spacial score (nSPS) is 23.5. The van der Waals surface area contributed by atoms with Crippen LogP contribution in [0, 0.1) is 5.92 Å². The van der Waals surface area contributed by atoms with E-state index >= 15 is 0 Å². The van der Waals surface area contributed by atoms with Crippen LogP contribution in [0.25, 0.3) is 0 Å². The molecule has 3 fully saturated rings. The van der Waals surface area contributed by atoms with Gasteiger partial charge in [-0.2, -0.15) is 0 Å².